The Bertz CT molecular complexity index is 975. The van der Waals surface area contributed by atoms with Crippen LogP contribution in [0.5, 0.6) is 0 Å². The SMILES string of the molecule is Cc1cc2nc(Cc3ccccc3F)n(CCC(=O)NC(C)C)c2cc1C. The van der Waals surface area contributed by atoms with Crippen LogP contribution in [0, 0.1) is 19.7 Å². The van der Waals surface area contributed by atoms with Gasteiger partial charge in [-0.2, -0.15) is 0 Å². The third kappa shape index (κ3) is 4.35. The van der Waals surface area contributed by atoms with E-state index >= 15 is 0 Å². The largest absolute Gasteiger partial charge is 0.354 e. The Labute approximate surface area is 159 Å². The molecule has 0 radical (unpaired) electrons. The molecule has 0 saturated carbocycles. The number of benzene rings is 2. The molecular formula is C22H26FN3O. The molecule has 0 aliphatic rings. The molecule has 3 aromatic rings. The molecule has 0 saturated heterocycles. The highest BCUT2D eigenvalue weighted by Gasteiger charge is 2.15. The van der Waals surface area contributed by atoms with E-state index < -0.39 is 0 Å². The standard InChI is InChI=1S/C22H26FN3O/c1-14(2)24-22(27)9-10-26-20-12-16(4)15(3)11-19(20)25-21(26)13-17-7-5-6-8-18(17)23/h5-8,11-12,14H,9-10,13H2,1-4H3,(H,24,27). The number of amides is 1. The van der Waals surface area contributed by atoms with E-state index in [0.717, 1.165) is 16.9 Å². The molecule has 1 N–H and O–H groups in total. The first-order valence-corrected chi connectivity index (χ1v) is 9.34. The van der Waals surface area contributed by atoms with Crippen LogP contribution in [0.4, 0.5) is 4.39 Å². The Balaban J connectivity index is 1.98. The average molecular weight is 367 g/mol. The van der Waals surface area contributed by atoms with Gasteiger partial charge in [0.15, 0.2) is 0 Å². The number of carbonyl (C=O) groups excluding carboxylic acids is 1. The summed E-state index contributed by atoms with van der Waals surface area (Å²) in [5.41, 5.74) is 4.82. The number of rotatable bonds is 6. The molecule has 3 rings (SSSR count). The molecule has 5 heteroatoms. The smallest absolute Gasteiger partial charge is 0.221 e. The fraction of sp³-hybridized carbons (Fsp3) is 0.364. The maximum absolute atomic E-state index is 14.1. The zero-order valence-corrected chi connectivity index (χ0v) is 16.3. The number of aryl methyl sites for hydroxylation is 3. The van der Waals surface area contributed by atoms with Gasteiger partial charge < -0.3 is 9.88 Å². The van der Waals surface area contributed by atoms with Crippen LogP contribution >= 0.6 is 0 Å². The maximum atomic E-state index is 14.1. The molecule has 0 bridgehead atoms. The van der Waals surface area contributed by atoms with Crippen molar-refractivity contribution >= 4 is 16.9 Å². The van der Waals surface area contributed by atoms with Crippen molar-refractivity contribution in [1.29, 1.82) is 0 Å². The molecule has 142 valence electrons. The lowest BCUT2D eigenvalue weighted by Crippen LogP contribution is -2.30. The van der Waals surface area contributed by atoms with Crippen molar-refractivity contribution in [3.05, 3.63) is 64.7 Å². The zero-order valence-electron chi connectivity index (χ0n) is 16.3. The van der Waals surface area contributed by atoms with Crippen molar-refractivity contribution in [3.63, 3.8) is 0 Å². The first-order valence-electron chi connectivity index (χ1n) is 9.34. The fourth-order valence-corrected chi connectivity index (χ4v) is 3.23. The van der Waals surface area contributed by atoms with Gasteiger partial charge in [0.05, 0.1) is 11.0 Å². The summed E-state index contributed by atoms with van der Waals surface area (Å²) >= 11 is 0. The summed E-state index contributed by atoms with van der Waals surface area (Å²) < 4.78 is 16.2. The minimum absolute atomic E-state index is 0.00697. The maximum Gasteiger partial charge on any atom is 0.221 e. The van der Waals surface area contributed by atoms with E-state index in [1.807, 2.05) is 24.5 Å². The number of halogens is 1. The van der Waals surface area contributed by atoms with Gasteiger partial charge in [-0.3, -0.25) is 4.79 Å². The van der Waals surface area contributed by atoms with Crippen molar-refractivity contribution in [2.45, 2.75) is 53.1 Å². The van der Waals surface area contributed by atoms with Gasteiger partial charge in [0.2, 0.25) is 5.91 Å². The normalized spacial score (nSPS) is 11.3. The highest BCUT2D eigenvalue weighted by atomic mass is 19.1. The predicted molar refractivity (Wildman–Crippen MR) is 106 cm³/mol. The van der Waals surface area contributed by atoms with E-state index in [-0.39, 0.29) is 17.8 Å². The fourth-order valence-electron chi connectivity index (χ4n) is 3.23. The van der Waals surface area contributed by atoms with E-state index in [2.05, 4.69) is 31.3 Å². The summed E-state index contributed by atoms with van der Waals surface area (Å²) in [5.74, 6) is 0.547. The summed E-state index contributed by atoms with van der Waals surface area (Å²) in [4.78, 5) is 16.9. The second-order valence-electron chi connectivity index (χ2n) is 7.35. The third-order valence-corrected chi connectivity index (χ3v) is 4.76. The van der Waals surface area contributed by atoms with Crippen molar-refractivity contribution < 1.29 is 9.18 Å². The number of aromatic nitrogens is 2. The van der Waals surface area contributed by atoms with Crippen LogP contribution in [0.1, 0.15) is 42.8 Å². The molecular weight excluding hydrogens is 341 g/mol. The number of nitrogens with one attached hydrogen (secondary N) is 1. The van der Waals surface area contributed by atoms with Crippen molar-refractivity contribution in [2.24, 2.45) is 0 Å². The Morgan fingerprint density at radius 3 is 2.59 bits per heavy atom. The van der Waals surface area contributed by atoms with E-state index in [1.54, 1.807) is 12.1 Å². The minimum Gasteiger partial charge on any atom is -0.354 e. The molecule has 0 spiro atoms. The van der Waals surface area contributed by atoms with Gasteiger partial charge >= 0.3 is 0 Å². The van der Waals surface area contributed by atoms with Gasteiger partial charge in [-0.05, 0) is 62.6 Å². The molecule has 0 atom stereocenters. The van der Waals surface area contributed by atoms with Crippen LogP contribution in [0.25, 0.3) is 11.0 Å². The topological polar surface area (TPSA) is 46.9 Å². The molecule has 4 nitrogen and oxygen atoms in total. The van der Waals surface area contributed by atoms with Crippen molar-refractivity contribution in [3.8, 4) is 0 Å². The van der Waals surface area contributed by atoms with E-state index in [9.17, 15) is 9.18 Å². The minimum atomic E-state index is -0.235. The zero-order chi connectivity index (χ0) is 19.6. The van der Waals surface area contributed by atoms with Crippen LogP contribution in [-0.4, -0.2) is 21.5 Å². The van der Waals surface area contributed by atoms with Gasteiger partial charge in [-0.15, -0.1) is 0 Å². The molecule has 0 aliphatic heterocycles. The molecule has 1 amide bonds. The highest BCUT2D eigenvalue weighted by molar-refractivity contribution is 5.79. The van der Waals surface area contributed by atoms with Crippen LogP contribution in [-0.2, 0) is 17.8 Å². The second kappa shape index (κ2) is 7.91. The van der Waals surface area contributed by atoms with Gasteiger partial charge in [0.25, 0.3) is 0 Å². The van der Waals surface area contributed by atoms with Gasteiger partial charge in [0, 0.05) is 25.4 Å². The number of nitrogens with zero attached hydrogens (tertiary/aromatic N) is 2. The highest BCUT2D eigenvalue weighted by Crippen LogP contribution is 2.23. The van der Waals surface area contributed by atoms with Gasteiger partial charge in [0.1, 0.15) is 11.6 Å². The number of imidazole rings is 1. The van der Waals surface area contributed by atoms with Gasteiger partial charge in [-0.25, -0.2) is 9.37 Å². The Morgan fingerprint density at radius 1 is 1.19 bits per heavy atom. The molecule has 2 aromatic carbocycles. The summed E-state index contributed by atoms with van der Waals surface area (Å²) in [7, 11) is 0. The Morgan fingerprint density at radius 2 is 1.89 bits per heavy atom. The number of hydrogen-bond acceptors (Lipinski definition) is 2. The second-order valence-corrected chi connectivity index (χ2v) is 7.35. The molecule has 0 fully saturated rings. The quantitative estimate of drug-likeness (QED) is 0.706. The molecule has 27 heavy (non-hydrogen) atoms. The van der Waals surface area contributed by atoms with E-state index in [0.29, 0.717) is 24.9 Å². The lowest BCUT2D eigenvalue weighted by molar-refractivity contribution is -0.121. The Hall–Kier alpha value is -2.69. The van der Waals surface area contributed by atoms with Gasteiger partial charge in [-0.1, -0.05) is 18.2 Å². The van der Waals surface area contributed by atoms with E-state index in [4.69, 9.17) is 4.98 Å². The summed E-state index contributed by atoms with van der Waals surface area (Å²) in [6, 6.07) is 11.0. The van der Waals surface area contributed by atoms with Crippen LogP contribution in [0.2, 0.25) is 0 Å². The van der Waals surface area contributed by atoms with E-state index in [1.165, 1.54) is 17.2 Å². The first kappa shape index (κ1) is 19.1. The van der Waals surface area contributed by atoms with Crippen molar-refractivity contribution in [2.75, 3.05) is 0 Å². The first-order chi connectivity index (χ1) is 12.8. The monoisotopic (exact) mass is 367 g/mol. The number of carbonyl (C=O) groups is 1. The summed E-state index contributed by atoms with van der Waals surface area (Å²) in [5, 5.41) is 2.92. The van der Waals surface area contributed by atoms with Crippen molar-refractivity contribution in [1.82, 2.24) is 14.9 Å². The molecule has 1 aromatic heterocycles. The number of fused-ring (bicyclic) bond motifs is 1. The summed E-state index contributed by atoms with van der Waals surface area (Å²) in [6.45, 7) is 8.52. The number of hydrogen-bond donors (Lipinski definition) is 1. The Kier molecular flexibility index (Phi) is 5.59. The third-order valence-electron chi connectivity index (χ3n) is 4.76. The molecule has 0 aliphatic carbocycles. The average Bonchev–Trinajstić information content (AvgIpc) is 2.91. The summed E-state index contributed by atoms with van der Waals surface area (Å²) in [6.07, 6.45) is 0.756. The molecule has 1 heterocycles. The molecule has 0 unspecified atom stereocenters. The van der Waals surface area contributed by atoms with Crippen LogP contribution < -0.4 is 5.32 Å². The van der Waals surface area contributed by atoms with Crippen LogP contribution in [0.15, 0.2) is 36.4 Å². The van der Waals surface area contributed by atoms with Crippen LogP contribution in [0.3, 0.4) is 0 Å². The lowest BCUT2D eigenvalue weighted by atomic mass is 10.1. The predicted octanol–water partition coefficient (Wildman–Crippen LogP) is 4.30. The lowest BCUT2D eigenvalue weighted by Gasteiger charge is -2.12.